The van der Waals surface area contributed by atoms with Crippen molar-refractivity contribution in [1.82, 2.24) is 0 Å². The van der Waals surface area contributed by atoms with Crippen molar-refractivity contribution >= 4 is 23.1 Å². The van der Waals surface area contributed by atoms with Crippen LogP contribution in [0.4, 0.5) is 11.4 Å². The van der Waals surface area contributed by atoms with E-state index in [0.29, 0.717) is 23.5 Å². The van der Waals surface area contributed by atoms with Crippen molar-refractivity contribution in [2.75, 3.05) is 32.0 Å². The molecule has 1 aliphatic heterocycles. The second-order valence-electron chi connectivity index (χ2n) is 7.79. The van der Waals surface area contributed by atoms with E-state index in [0.717, 1.165) is 22.6 Å². The molecule has 0 radical (unpaired) electrons. The van der Waals surface area contributed by atoms with Crippen molar-refractivity contribution in [3.8, 4) is 11.5 Å². The third-order valence-corrected chi connectivity index (χ3v) is 5.98. The van der Waals surface area contributed by atoms with Crippen LogP contribution >= 0.6 is 0 Å². The molecule has 7 nitrogen and oxygen atoms in total. The first-order chi connectivity index (χ1) is 15.0. The lowest BCUT2D eigenvalue weighted by molar-refractivity contribution is -0.151. The molecular formula is C24H26N2O5. The van der Waals surface area contributed by atoms with Crippen molar-refractivity contribution < 1.29 is 23.8 Å². The summed E-state index contributed by atoms with van der Waals surface area (Å²) in [6, 6.07) is 12.8. The maximum atomic E-state index is 13.7. The van der Waals surface area contributed by atoms with Crippen LogP contribution in [0.5, 0.6) is 11.5 Å². The second kappa shape index (κ2) is 8.34. The van der Waals surface area contributed by atoms with Gasteiger partial charge in [0.1, 0.15) is 17.4 Å². The molecule has 1 heterocycles. The molecule has 0 spiro atoms. The fourth-order valence-corrected chi connectivity index (χ4v) is 4.42. The minimum Gasteiger partial charge on any atom is -0.497 e. The van der Waals surface area contributed by atoms with E-state index in [1.807, 2.05) is 43.3 Å². The third kappa shape index (κ3) is 3.60. The number of carbonyl (C=O) groups excluding carboxylic acids is 2. The van der Waals surface area contributed by atoms with Gasteiger partial charge in [0.15, 0.2) is 5.78 Å². The number of fused-ring (bicyclic) bond motifs is 1. The van der Waals surface area contributed by atoms with E-state index in [9.17, 15) is 9.59 Å². The Morgan fingerprint density at radius 2 is 1.77 bits per heavy atom. The van der Waals surface area contributed by atoms with Crippen LogP contribution in [0.15, 0.2) is 53.7 Å². The van der Waals surface area contributed by atoms with Crippen molar-refractivity contribution in [2.45, 2.75) is 19.4 Å². The molecule has 162 valence electrons. The zero-order valence-corrected chi connectivity index (χ0v) is 18.0. The Balaban J connectivity index is 1.90. The molecular weight excluding hydrogens is 396 g/mol. The zero-order valence-electron chi connectivity index (χ0n) is 18.0. The summed E-state index contributed by atoms with van der Waals surface area (Å²) in [5.41, 5.74) is 3.84. The maximum Gasteiger partial charge on any atom is 0.316 e. The number of methoxy groups -OCH3 is 3. The highest BCUT2D eigenvalue weighted by molar-refractivity contribution is 6.11. The van der Waals surface area contributed by atoms with Crippen LogP contribution in [0, 0.1) is 11.8 Å². The number of rotatable bonds is 4. The molecule has 2 aliphatic rings. The fraction of sp³-hybridized carbons (Fsp3) is 0.333. The molecule has 0 unspecified atom stereocenters. The summed E-state index contributed by atoms with van der Waals surface area (Å²) in [6.07, 6.45) is 0.547. The third-order valence-electron chi connectivity index (χ3n) is 5.98. The summed E-state index contributed by atoms with van der Waals surface area (Å²) in [6.45, 7) is 1.90. The van der Waals surface area contributed by atoms with Crippen LogP contribution in [0.25, 0.3) is 0 Å². The van der Waals surface area contributed by atoms with Gasteiger partial charge in [0.2, 0.25) is 0 Å². The highest BCUT2D eigenvalue weighted by atomic mass is 16.5. The number of hydrogen-bond donors (Lipinski definition) is 2. The van der Waals surface area contributed by atoms with Crippen molar-refractivity contribution in [2.24, 2.45) is 11.8 Å². The fourth-order valence-electron chi connectivity index (χ4n) is 4.42. The van der Waals surface area contributed by atoms with Gasteiger partial charge in [-0.25, -0.2) is 0 Å². The number of esters is 1. The minimum absolute atomic E-state index is 0.185. The largest absolute Gasteiger partial charge is 0.497 e. The molecule has 0 saturated heterocycles. The van der Waals surface area contributed by atoms with Crippen molar-refractivity contribution in [3.05, 3.63) is 59.3 Å². The number of ether oxygens (including phenoxy) is 3. The van der Waals surface area contributed by atoms with Gasteiger partial charge < -0.3 is 24.8 Å². The molecule has 0 fully saturated rings. The highest BCUT2D eigenvalue weighted by Crippen LogP contribution is 2.45. The molecule has 2 aromatic carbocycles. The van der Waals surface area contributed by atoms with E-state index in [-0.39, 0.29) is 11.7 Å². The van der Waals surface area contributed by atoms with Crippen LogP contribution in [0.3, 0.4) is 0 Å². The summed E-state index contributed by atoms with van der Waals surface area (Å²) in [4.78, 5) is 26.1. The van der Waals surface area contributed by atoms with Crippen LogP contribution < -0.4 is 20.1 Å². The van der Waals surface area contributed by atoms with Gasteiger partial charge in [-0.05, 0) is 36.6 Å². The smallest absolute Gasteiger partial charge is 0.316 e. The average Bonchev–Trinajstić information content (AvgIpc) is 2.94. The van der Waals surface area contributed by atoms with Crippen LogP contribution in [-0.2, 0) is 14.3 Å². The molecule has 3 atom stereocenters. The Morgan fingerprint density at radius 3 is 2.45 bits per heavy atom. The van der Waals surface area contributed by atoms with Crippen molar-refractivity contribution in [1.29, 1.82) is 0 Å². The van der Waals surface area contributed by atoms with Crippen LogP contribution in [-0.4, -0.2) is 33.1 Å². The summed E-state index contributed by atoms with van der Waals surface area (Å²) >= 11 is 0. The predicted molar refractivity (Wildman–Crippen MR) is 117 cm³/mol. The van der Waals surface area contributed by atoms with Crippen molar-refractivity contribution in [3.63, 3.8) is 0 Å². The SMILES string of the molecule is COC(=O)[C@@H]1C(=O)C2=C(C[C@H]1C)Nc1ccccc1N[C@@H]2c1ccc(OC)cc1OC. The van der Waals surface area contributed by atoms with Gasteiger partial charge >= 0.3 is 5.97 Å². The molecule has 1 aliphatic carbocycles. The van der Waals surface area contributed by atoms with E-state index < -0.39 is 17.9 Å². The number of Topliss-reactive ketones (excluding diaryl/α,β-unsaturated/α-hetero) is 1. The average molecular weight is 422 g/mol. The first kappa shape index (κ1) is 20.8. The summed E-state index contributed by atoms with van der Waals surface area (Å²) in [5, 5.41) is 6.93. The summed E-state index contributed by atoms with van der Waals surface area (Å²) < 4.78 is 15.9. The Hall–Kier alpha value is -3.48. The predicted octanol–water partition coefficient (Wildman–Crippen LogP) is 3.93. The molecule has 2 aromatic rings. The topological polar surface area (TPSA) is 85.9 Å². The number of ketones is 1. The molecule has 7 heteroatoms. The van der Waals surface area contributed by atoms with Crippen LogP contribution in [0.1, 0.15) is 24.9 Å². The molecule has 0 bridgehead atoms. The lowest BCUT2D eigenvalue weighted by Gasteiger charge is -2.32. The van der Waals surface area contributed by atoms with Gasteiger partial charge in [0, 0.05) is 22.9 Å². The van der Waals surface area contributed by atoms with E-state index >= 15 is 0 Å². The van der Waals surface area contributed by atoms with Gasteiger partial charge in [0.05, 0.1) is 38.7 Å². The molecule has 0 amide bonds. The normalized spacial score (nSPS) is 22.3. The van der Waals surface area contributed by atoms with E-state index in [4.69, 9.17) is 14.2 Å². The van der Waals surface area contributed by atoms with E-state index in [1.165, 1.54) is 7.11 Å². The van der Waals surface area contributed by atoms with Gasteiger partial charge in [-0.2, -0.15) is 0 Å². The number of carbonyl (C=O) groups is 2. The number of anilines is 2. The number of allylic oxidation sites excluding steroid dienone is 1. The lowest BCUT2D eigenvalue weighted by Crippen LogP contribution is -2.39. The molecule has 0 saturated carbocycles. The Bertz CT molecular complexity index is 1060. The van der Waals surface area contributed by atoms with E-state index in [1.54, 1.807) is 20.3 Å². The first-order valence-corrected chi connectivity index (χ1v) is 10.2. The number of hydrogen-bond acceptors (Lipinski definition) is 7. The second-order valence-corrected chi connectivity index (χ2v) is 7.79. The number of benzene rings is 2. The zero-order chi connectivity index (χ0) is 22.1. The number of nitrogens with one attached hydrogen (secondary N) is 2. The van der Waals surface area contributed by atoms with E-state index in [2.05, 4.69) is 10.6 Å². The van der Waals surface area contributed by atoms with Crippen LogP contribution in [0.2, 0.25) is 0 Å². The molecule has 31 heavy (non-hydrogen) atoms. The Kier molecular flexibility index (Phi) is 5.59. The van der Waals surface area contributed by atoms with Gasteiger partial charge in [0.25, 0.3) is 0 Å². The lowest BCUT2D eigenvalue weighted by atomic mass is 9.74. The minimum atomic E-state index is -0.847. The van der Waals surface area contributed by atoms with Gasteiger partial charge in [-0.1, -0.05) is 19.1 Å². The van der Waals surface area contributed by atoms with Gasteiger partial charge in [-0.15, -0.1) is 0 Å². The molecule has 0 aromatic heterocycles. The molecule has 4 rings (SSSR count). The van der Waals surface area contributed by atoms with Gasteiger partial charge in [-0.3, -0.25) is 9.59 Å². The first-order valence-electron chi connectivity index (χ1n) is 10.2. The number of para-hydroxylation sites is 2. The standard InChI is InChI=1S/C24H26N2O5/c1-13-11-18-21(23(27)20(13)24(28)31-4)22(26-17-8-6-5-7-16(17)25-18)15-10-9-14(29-2)12-19(15)30-3/h5-10,12-13,20,22,25-26H,11H2,1-4H3/t13-,20+,22-/m1/s1. The Morgan fingerprint density at radius 1 is 1.03 bits per heavy atom. The summed E-state index contributed by atoms with van der Waals surface area (Å²) in [5.74, 6) is -0.542. The Labute approximate surface area is 181 Å². The monoisotopic (exact) mass is 422 g/mol. The molecule has 2 N–H and O–H groups in total. The maximum absolute atomic E-state index is 13.7. The summed E-state index contributed by atoms with van der Waals surface area (Å²) in [7, 11) is 4.49. The quantitative estimate of drug-likeness (QED) is 0.570. The highest BCUT2D eigenvalue weighted by Gasteiger charge is 2.44.